The van der Waals surface area contributed by atoms with E-state index in [0.717, 1.165) is 31.5 Å². The van der Waals surface area contributed by atoms with Crippen LogP contribution in [0.15, 0.2) is 6.20 Å². The van der Waals surface area contributed by atoms with Crippen molar-refractivity contribution in [2.45, 2.75) is 70.0 Å². The first kappa shape index (κ1) is 16.4. The van der Waals surface area contributed by atoms with E-state index in [0.29, 0.717) is 0 Å². The molecule has 0 bridgehead atoms. The highest BCUT2D eigenvalue weighted by molar-refractivity contribution is 5.13. The van der Waals surface area contributed by atoms with Gasteiger partial charge < -0.3 is 4.90 Å². The van der Waals surface area contributed by atoms with Gasteiger partial charge in [0, 0.05) is 12.1 Å². The average Bonchev–Trinajstić information content (AvgIpc) is 2.76. The third-order valence-corrected chi connectivity index (χ3v) is 4.94. The van der Waals surface area contributed by atoms with E-state index in [9.17, 15) is 0 Å². The largest absolute Gasteiger partial charge is 0.302 e. The Morgan fingerprint density at radius 3 is 2.52 bits per heavy atom. The van der Waals surface area contributed by atoms with Crippen LogP contribution in [0.3, 0.4) is 0 Å². The number of hydrogen-bond donors (Lipinski definition) is 2. The summed E-state index contributed by atoms with van der Waals surface area (Å²) in [5.74, 6) is 5.99. The quantitative estimate of drug-likeness (QED) is 0.476. The van der Waals surface area contributed by atoms with Gasteiger partial charge in [-0.25, -0.2) is 10.1 Å². The summed E-state index contributed by atoms with van der Waals surface area (Å²) in [6.45, 7) is 3.04. The molecule has 1 atom stereocenters. The molecule has 2 rings (SSSR count). The molecule has 1 aromatic rings. The fraction of sp³-hybridized carbons (Fsp3) is 0.867. The Hall–Kier alpha value is -0.980. The summed E-state index contributed by atoms with van der Waals surface area (Å²) in [5.41, 5.74) is 4.23. The number of likely N-dealkylation sites (N-methyl/N-ethyl adjacent to an activating group) is 1. The minimum atomic E-state index is 0.0401. The van der Waals surface area contributed by atoms with Crippen molar-refractivity contribution in [3.05, 3.63) is 11.9 Å². The van der Waals surface area contributed by atoms with Crippen LogP contribution in [0.4, 0.5) is 0 Å². The lowest BCUT2D eigenvalue weighted by Gasteiger charge is -2.45. The van der Waals surface area contributed by atoms with E-state index >= 15 is 0 Å². The normalized spacial score (nSPS) is 20.4. The van der Waals surface area contributed by atoms with Crippen molar-refractivity contribution in [1.82, 2.24) is 25.3 Å². The van der Waals surface area contributed by atoms with E-state index in [1.807, 2.05) is 10.9 Å². The maximum Gasteiger partial charge on any atom is 0.0828 e. The molecule has 0 aromatic carbocycles. The number of aromatic nitrogens is 3. The number of nitrogens with zero attached hydrogens (tertiary/aromatic N) is 4. The standard InChI is InChI=1S/C15H30N6/c1-4-11-21-13(12-17-19-21)14(18-16)15(20(2)3)9-7-5-6-8-10-15/h12,14,18H,4-11,16H2,1-3H3. The van der Waals surface area contributed by atoms with Gasteiger partial charge in [-0.05, 0) is 33.4 Å². The molecule has 1 saturated carbocycles. The zero-order chi connectivity index (χ0) is 15.3. The summed E-state index contributed by atoms with van der Waals surface area (Å²) in [7, 11) is 4.34. The molecule has 3 N–H and O–H groups in total. The second kappa shape index (κ2) is 7.33. The van der Waals surface area contributed by atoms with E-state index < -0.39 is 0 Å². The van der Waals surface area contributed by atoms with Gasteiger partial charge in [-0.15, -0.1) is 5.10 Å². The fourth-order valence-electron chi connectivity index (χ4n) is 3.73. The van der Waals surface area contributed by atoms with Gasteiger partial charge >= 0.3 is 0 Å². The molecular weight excluding hydrogens is 264 g/mol. The minimum Gasteiger partial charge on any atom is -0.302 e. The second-order valence-corrected chi connectivity index (χ2v) is 6.39. The highest BCUT2D eigenvalue weighted by Crippen LogP contribution is 2.40. The van der Waals surface area contributed by atoms with Crippen LogP contribution in [0.1, 0.15) is 63.6 Å². The van der Waals surface area contributed by atoms with Crippen molar-refractivity contribution in [3.63, 3.8) is 0 Å². The van der Waals surface area contributed by atoms with Gasteiger partial charge in [0.15, 0.2) is 0 Å². The summed E-state index contributed by atoms with van der Waals surface area (Å²) >= 11 is 0. The zero-order valence-corrected chi connectivity index (χ0v) is 13.7. The summed E-state index contributed by atoms with van der Waals surface area (Å²) in [5, 5.41) is 8.35. The predicted octanol–water partition coefficient (Wildman–Crippen LogP) is 1.85. The van der Waals surface area contributed by atoms with E-state index in [2.05, 4.69) is 41.7 Å². The van der Waals surface area contributed by atoms with Crippen LogP contribution in [0.2, 0.25) is 0 Å². The molecule has 1 aliphatic rings. The maximum atomic E-state index is 5.99. The van der Waals surface area contributed by atoms with Crippen LogP contribution in [-0.2, 0) is 6.54 Å². The van der Waals surface area contributed by atoms with Gasteiger partial charge in [0.1, 0.15) is 0 Å². The van der Waals surface area contributed by atoms with Crippen molar-refractivity contribution in [3.8, 4) is 0 Å². The predicted molar refractivity (Wildman–Crippen MR) is 84.5 cm³/mol. The number of rotatable bonds is 6. The average molecular weight is 294 g/mol. The van der Waals surface area contributed by atoms with Gasteiger partial charge in [0.25, 0.3) is 0 Å². The van der Waals surface area contributed by atoms with Crippen LogP contribution >= 0.6 is 0 Å². The SMILES string of the molecule is CCCn1nncc1C(NN)C1(N(C)C)CCCCCC1. The van der Waals surface area contributed by atoms with Crippen LogP contribution in [-0.4, -0.2) is 39.5 Å². The topological polar surface area (TPSA) is 72.0 Å². The van der Waals surface area contributed by atoms with Gasteiger partial charge in [0.2, 0.25) is 0 Å². The highest BCUT2D eigenvalue weighted by Gasteiger charge is 2.42. The lowest BCUT2D eigenvalue weighted by Crippen LogP contribution is -2.55. The Labute approximate surface area is 128 Å². The van der Waals surface area contributed by atoms with Crippen LogP contribution in [0.5, 0.6) is 0 Å². The van der Waals surface area contributed by atoms with Gasteiger partial charge in [0.05, 0.1) is 17.9 Å². The van der Waals surface area contributed by atoms with E-state index in [-0.39, 0.29) is 11.6 Å². The summed E-state index contributed by atoms with van der Waals surface area (Å²) < 4.78 is 2.00. The molecule has 21 heavy (non-hydrogen) atoms. The Balaban J connectivity index is 2.37. The fourth-order valence-corrected chi connectivity index (χ4v) is 3.73. The Morgan fingerprint density at radius 2 is 2.00 bits per heavy atom. The molecule has 1 fully saturated rings. The van der Waals surface area contributed by atoms with E-state index in [1.54, 1.807) is 0 Å². The molecule has 1 aliphatic carbocycles. The maximum absolute atomic E-state index is 5.99. The van der Waals surface area contributed by atoms with Crippen LogP contribution in [0.25, 0.3) is 0 Å². The highest BCUT2D eigenvalue weighted by atomic mass is 15.4. The number of nitrogens with one attached hydrogen (secondary N) is 1. The molecule has 0 spiro atoms. The van der Waals surface area contributed by atoms with Crippen molar-refractivity contribution in [1.29, 1.82) is 0 Å². The molecule has 1 unspecified atom stereocenters. The van der Waals surface area contributed by atoms with Gasteiger partial charge in [-0.2, -0.15) is 0 Å². The van der Waals surface area contributed by atoms with E-state index in [1.165, 1.54) is 25.7 Å². The van der Waals surface area contributed by atoms with Gasteiger partial charge in [-0.1, -0.05) is 37.8 Å². The van der Waals surface area contributed by atoms with Crippen molar-refractivity contribution in [2.75, 3.05) is 14.1 Å². The Morgan fingerprint density at radius 1 is 1.33 bits per heavy atom. The van der Waals surface area contributed by atoms with Crippen molar-refractivity contribution in [2.24, 2.45) is 5.84 Å². The Bertz CT molecular complexity index is 420. The first-order valence-corrected chi connectivity index (χ1v) is 8.17. The lowest BCUT2D eigenvalue weighted by atomic mass is 9.80. The first-order chi connectivity index (χ1) is 10.2. The molecule has 1 aromatic heterocycles. The molecule has 0 radical (unpaired) electrons. The molecule has 6 heteroatoms. The monoisotopic (exact) mass is 294 g/mol. The smallest absolute Gasteiger partial charge is 0.0828 e. The van der Waals surface area contributed by atoms with Crippen LogP contribution in [0, 0.1) is 0 Å². The molecular formula is C15H30N6. The number of hydrogen-bond acceptors (Lipinski definition) is 5. The molecule has 120 valence electrons. The minimum absolute atomic E-state index is 0.0401. The van der Waals surface area contributed by atoms with Crippen molar-refractivity contribution < 1.29 is 0 Å². The summed E-state index contributed by atoms with van der Waals surface area (Å²) in [6.07, 6.45) is 10.4. The number of nitrogens with two attached hydrogens (primary N) is 1. The third kappa shape index (κ3) is 3.27. The molecule has 0 amide bonds. The first-order valence-electron chi connectivity index (χ1n) is 8.17. The third-order valence-electron chi connectivity index (χ3n) is 4.94. The number of hydrazine groups is 1. The molecule has 1 heterocycles. The van der Waals surface area contributed by atoms with E-state index in [4.69, 9.17) is 5.84 Å². The molecule has 0 saturated heterocycles. The second-order valence-electron chi connectivity index (χ2n) is 6.39. The lowest BCUT2D eigenvalue weighted by molar-refractivity contribution is 0.0759. The van der Waals surface area contributed by atoms with Crippen molar-refractivity contribution >= 4 is 0 Å². The van der Waals surface area contributed by atoms with Crippen LogP contribution < -0.4 is 11.3 Å². The Kier molecular flexibility index (Phi) is 5.72. The summed E-state index contributed by atoms with van der Waals surface area (Å²) in [6, 6.07) is 0.0622. The molecule has 0 aliphatic heterocycles. The van der Waals surface area contributed by atoms with Gasteiger partial charge in [-0.3, -0.25) is 5.84 Å². The molecule has 6 nitrogen and oxygen atoms in total. The zero-order valence-electron chi connectivity index (χ0n) is 13.7. The summed E-state index contributed by atoms with van der Waals surface area (Å²) in [4.78, 5) is 2.35. The number of aryl methyl sites for hydroxylation is 1.